The van der Waals surface area contributed by atoms with Crippen molar-refractivity contribution in [1.29, 1.82) is 0 Å². The molecule has 0 atom stereocenters. The zero-order valence-corrected chi connectivity index (χ0v) is 10.4. The third-order valence-corrected chi connectivity index (χ3v) is 3.02. The SMILES string of the molecule is Nc1noc(-c2cc(Br)ccc2Cl)c1Cl. The van der Waals surface area contributed by atoms with E-state index >= 15 is 0 Å². The molecule has 2 aromatic rings. The van der Waals surface area contributed by atoms with Gasteiger partial charge in [0.25, 0.3) is 0 Å². The first-order chi connectivity index (χ1) is 7.09. The monoisotopic (exact) mass is 306 g/mol. The molecule has 3 nitrogen and oxygen atoms in total. The molecule has 0 saturated carbocycles. The highest BCUT2D eigenvalue weighted by molar-refractivity contribution is 9.10. The Bertz CT molecular complexity index is 513. The van der Waals surface area contributed by atoms with Crippen LogP contribution in [0.15, 0.2) is 27.2 Å². The molecule has 1 aromatic carbocycles. The molecule has 2 N–H and O–H groups in total. The summed E-state index contributed by atoms with van der Waals surface area (Å²) in [6, 6.07) is 5.34. The highest BCUT2D eigenvalue weighted by Crippen LogP contribution is 2.37. The highest BCUT2D eigenvalue weighted by Gasteiger charge is 2.16. The van der Waals surface area contributed by atoms with Crippen LogP contribution in [0, 0.1) is 0 Å². The summed E-state index contributed by atoms with van der Waals surface area (Å²) in [6.07, 6.45) is 0. The van der Waals surface area contributed by atoms with Gasteiger partial charge in [0.2, 0.25) is 0 Å². The van der Waals surface area contributed by atoms with Crippen molar-refractivity contribution in [2.75, 3.05) is 5.73 Å². The van der Waals surface area contributed by atoms with Crippen LogP contribution in [-0.4, -0.2) is 5.16 Å². The zero-order chi connectivity index (χ0) is 11.0. The molecular formula is C9H5BrCl2N2O. The number of rotatable bonds is 1. The Morgan fingerprint density at radius 3 is 2.67 bits per heavy atom. The molecule has 0 unspecified atom stereocenters. The second-order valence-electron chi connectivity index (χ2n) is 2.84. The van der Waals surface area contributed by atoms with E-state index in [9.17, 15) is 0 Å². The number of nitrogens with two attached hydrogens (primary N) is 1. The van der Waals surface area contributed by atoms with Crippen LogP contribution in [0.1, 0.15) is 0 Å². The molecule has 6 heteroatoms. The lowest BCUT2D eigenvalue weighted by molar-refractivity contribution is 0.436. The van der Waals surface area contributed by atoms with Crippen LogP contribution in [0.5, 0.6) is 0 Å². The molecule has 0 aliphatic heterocycles. The number of halogens is 3. The lowest BCUT2D eigenvalue weighted by atomic mass is 10.2. The van der Waals surface area contributed by atoms with Crippen LogP contribution in [0.25, 0.3) is 11.3 Å². The number of aromatic nitrogens is 1. The summed E-state index contributed by atoms with van der Waals surface area (Å²) in [5, 5.41) is 4.36. The Morgan fingerprint density at radius 1 is 1.33 bits per heavy atom. The van der Waals surface area contributed by atoms with Gasteiger partial charge in [-0.3, -0.25) is 0 Å². The zero-order valence-electron chi connectivity index (χ0n) is 7.30. The third kappa shape index (κ3) is 1.97. The van der Waals surface area contributed by atoms with E-state index in [4.69, 9.17) is 33.5 Å². The van der Waals surface area contributed by atoms with Crippen molar-refractivity contribution in [3.63, 3.8) is 0 Å². The van der Waals surface area contributed by atoms with Gasteiger partial charge < -0.3 is 10.3 Å². The average molecular weight is 308 g/mol. The maximum absolute atomic E-state index is 6.00. The second-order valence-corrected chi connectivity index (χ2v) is 4.54. The Morgan fingerprint density at radius 2 is 2.07 bits per heavy atom. The Hall–Kier alpha value is -0.710. The van der Waals surface area contributed by atoms with Crippen molar-refractivity contribution >= 4 is 44.9 Å². The van der Waals surface area contributed by atoms with Gasteiger partial charge in [0.1, 0.15) is 5.02 Å². The fraction of sp³-hybridized carbons (Fsp3) is 0. The topological polar surface area (TPSA) is 52.0 Å². The Balaban J connectivity index is 2.63. The van der Waals surface area contributed by atoms with Crippen molar-refractivity contribution in [3.05, 3.63) is 32.7 Å². The second kappa shape index (κ2) is 4.04. The van der Waals surface area contributed by atoms with Gasteiger partial charge in [0.15, 0.2) is 11.6 Å². The summed E-state index contributed by atoms with van der Waals surface area (Å²) < 4.78 is 5.87. The highest BCUT2D eigenvalue weighted by atomic mass is 79.9. The number of benzene rings is 1. The maximum atomic E-state index is 6.00. The largest absolute Gasteiger partial charge is 0.380 e. The van der Waals surface area contributed by atoms with Gasteiger partial charge in [-0.25, -0.2) is 0 Å². The number of nitrogens with zero attached hydrogens (tertiary/aromatic N) is 1. The van der Waals surface area contributed by atoms with Crippen molar-refractivity contribution in [2.45, 2.75) is 0 Å². The molecule has 0 saturated heterocycles. The predicted molar refractivity (Wildman–Crippen MR) is 64.1 cm³/mol. The third-order valence-electron chi connectivity index (χ3n) is 1.83. The van der Waals surface area contributed by atoms with Crippen LogP contribution >= 0.6 is 39.1 Å². The quantitative estimate of drug-likeness (QED) is 0.866. The molecule has 0 spiro atoms. The molecule has 2 rings (SSSR count). The number of nitrogen functional groups attached to an aromatic ring is 1. The van der Waals surface area contributed by atoms with Gasteiger partial charge in [-0.1, -0.05) is 44.3 Å². The van der Waals surface area contributed by atoms with Gasteiger partial charge >= 0.3 is 0 Å². The van der Waals surface area contributed by atoms with E-state index in [2.05, 4.69) is 21.1 Å². The molecule has 1 aromatic heterocycles. The van der Waals surface area contributed by atoms with Gasteiger partial charge in [0.05, 0.1) is 5.02 Å². The Labute approximate surface area is 104 Å². The van der Waals surface area contributed by atoms with E-state index in [1.165, 1.54) is 0 Å². The van der Waals surface area contributed by atoms with E-state index in [1.54, 1.807) is 12.1 Å². The van der Waals surface area contributed by atoms with Crippen molar-refractivity contribution in [1.82, 2.24) is 5.16 Å². The van der Waals surface area contributed by atoms with Gasteiger partial charge in [-0.15, -0.1) is 0 Å². The first-order valence-electron chi connectivity index (χ1n) is 3.95. The number of anilines is 1. The summed E-state index contributed by atoms with van der Waals surface area (Å²) >= 11 is 15.2. The van der Waals surface area contributed by atoms with E-state index in [1.807, 2.05) is 6.07 Å². The molecule has 0 bridgehead atoms. The van der Waals surface area contributed by atoms with Crippen LogP contribution < -0.4 is 5.73 Å². The number of hydrogen-bond acceptors (Lipinski definition) is 3. The lowest BCUT2D eigenvalue weighted by Gasteiger charge is -2.00. The fourth-order valence-electron chi connectivity index (χ4n) is 1.13. The van der Waals surface area contributed by atoms with E-state index < -0.39 is 0 Å². The van der Waals surface area contributed by atoms with Crippen LogP contribution in [0.3, 0.4) is 0 Å². The van der Waals surface area contributed by atoms with E-state index in [0.717, 1.165) is 4.47 Å². The molecule has 1 heterocycles. The van der Waals surface area contributed by atoms with E-state index in [-0.39, 0.29) is 10.8 Å². The summed E-state index contributed by atoms with van der Waals surface area (Å²) in [5.74, 6) is 0.531. The first kappa shape index (κ1) is 10.8. The summed E-state index contributed by atoms with van der Waals surface area (Å²) in [6.45, 7) is 0. The van der Waals surface area contributed by atoms with Crippen LogP contribution in [0.4, 0.5) is 5.82 Å². The summed E-state index contributed by atoms with van der Waals surface area (Å²) in [7, 11) is 0. The molecule has 15 heavy (non-hydrogen) atoms. The lowest BCUT2D eigenvalue weighted by Crippen LogP contribution is -1.83. The van der Waals surface area contributed by atoms with Gasteiger partial charge in [-0.2, -0.15) is 0 Å². The van der Waals surface area contributed by atoms with E-state index in [0.29, 0.717) is 16.3 Å². The molecule has 78 valence electrons. The molecule has 0 aliphatic rings. The minimum atomic E-state index is 0.155. The number of hydrogen-bond donors (Lipinski definition) is 1. The normalized spacial score (nSPS) is 10.6. The first-order valence-corrected chi connectivity index (χ1v) is 5.50. The van der Waals surface area contributed by atoms with Crippen molar-refractivity contribution in [2.24, 2.45) is 0 Å². The average Bonchev–Trinajstić information content (AvgIpc) is 2.52. The maximum Gasteiger partial charge on any atom is 0.189 e. The molecule has 0 fully saturated rings. The predicted octanol–water partition coefficient (Wildman–Crippen LogP) is 3.99. The van der Waals surface area contributed by atoms with Crippen LogP contribution in [-0.2, 0) is 0 Å². The minimum absolute atomic E-state index is 0.155. The molecule has 0 aliphatic carbocycles. The smallest absolute Gasteiger partial charge is 0.189 e. The van der Waals surface area contributed by atoms with Crippen LogP contribution in [0.2, 0.25) is 10.0 Å². The molecule has 0 amide bonds. The Kier molecular flexibility index (Phi) is 2.91. The van der Waals surface area contributed by atoms with Crippen molar-refractivity contribution in [3.8, 4) is 11.3 Å². The fourth-order valence-corrected chi connectivity index (χ4v) is 1.87. The van der Waals surface area contributed by atoms with Gasteiger partial charge in [-0.05, 0) is 18.2 Å². The summed E-state index contributed by atoms with van der Waals surface area (Å²) in [4.78, 5) is 0. The minimum Gasteiger partial charge on any atom is -0.380 e. The molecular weight excluding hydrogens is 303 g/mol. The van der Waals surface area contributed by atoms with Crippen molar-refractivity contribution < 1.29 is 4.52 Å². The molecule has 0 radical (unpaired) electrons. The summed E-state index contributed by atoms with van der Waals surface area (Å²) in [5.41, 5.74) is 6.13. The van der Waals surface area contributed by atoms with Gasteiger partial charge in [0, 0.05) is 10.0 Å². The standard InChI is InChI=1S/C9H5BrCl2N2O/c10-4-1-2-6(11)5(3-4)8-7(12)9(13)14-15-8/h1-3H,(H2,13,14).